The van der Waals surface area contributed by atoms with E-state index in [0.717, 1.165) is 16.2 Å². The van der Waals surface area contributed by atoms with Crippen LogP contribution in [0, 0.1) is 0 Å². The predicted molar refractivity (Wildman–Crippen MR) is 66.5 cm³/mol. The lowest BCUT2D eigenvalue weighted by molar-refractivity contribution is 0.212. The van der Waals surface area contributed by atoms with Gasteiger partial charge in [-0.25, -0.2) is 4.79 Å². The van der Waals surface area contributed by atoms with Gasteiger partial charge in [-0.15, -0.1) is 0 Å². The molecule has 2 N–H and O–H groups in total. The van der Waals surface area contributed by atoms with Gasteiger partial charge in [-0.05, 0) is 29.8 Å². The SMILES string of the molecule is COc1cccc(-c2ccc(OC(N)=O)s2)c1. The summed E-state index contributed by atoms with van der Waals surface area (Å²) in [5.74, 6) is 0.785. The number of primary amides is 1. The van der Waals surface area contributed by atoms with Crippen LogP contribution in [0.5, 0.6) is 10.8 Å². The number of ether oxygens (including phenoxy) is 2. The molecule has 88 valence electrons. The van der Waals surface area contributed by atoms with Crippen LogP contribution in [0.4, 0.5) is 4.79 Å². The van der Waals surface area contributed by atoms with Gasteiger partial charge in [0.1, 0.15) is 5.75 Å². The zero-order chi connectivity index (χ0) is 12.3. The Bertz CT molecular complexity index is 536. The van der Waals surface area contributed by atoms with Crippen LogP contribution in [0.25, 0.3) is 10.4 Å². The van der Waals surface area contributed by atoms with Crippen molar-refractivity contribution in [1.29, 1.82) is 0 Å². The first-order valence-electron chi connectivity index (χ1n) is 4.90. The summed E-state index contributed by atoms with van der Waals surface area (Å²) in [5, 5.41) is 0.482. The summed E-state index contributed by atoms with van der Waals surface area (Å²) in [6.07, 6.45) is -0.802. The minimum absolute atomic E-state index is 0.482. The number of carbonyl (C=O) groups is 1. The average Bonchev–Trinajstić information content (AvgIpc) is 2.77. The van der Waals surface area contributed by atoms with Crippen molar-refractivity contribution in [1.82, 2.24) is 0 Å². The van der Waals surface area contributed by atoms with E-state index in [4.69, 9.17) is 15.2 Å². The molecule has 0 saturated carbocycles. The molecule has 1 heterocycles. The fourth-order valence-electron chi connectivity index (χ4n) is 1.41. The molecule has 0 fully saturated rings. The van der Waals surface area contributed by atoms with Gasteiger partial charge in [-0.1, -0.05) is 23.5 Å². The Hall–Kier alpha value is -2.01. The van der Waals surface area contributed by atoms with Crippen LogP contribution in [0.15, 0.2) is 36.4 Å². The maximum Gasteiger partial charge on any atom is 0.410 e. The summed E-state index contributed by atoms with van der Waals surface area (Å²) in [6.45, 7) is 0. The van der Waals surface area contributed by atoms with Crippen molar-refractivity contribution in [3.8, 4) is 21.3 Å². The lowest BCUT2D eigenvalue weighted by Crippen LogP contribution is -2.15. The number of methoxy groups -OCH3 is 1. The molecule has 5 heteroatoms. The van der Waals surface area contributed by atoms with Crippen molar-refractivity contribution in [3.05, 3.63) is 36.4 Å². The molecular weight excluding hydrogens is 238 g/mol. The van der Waals surface area contributed by atoms with E-state index in [9.17, 15) is 4.79 Å². The Balaban J connectivity index is 2.26. The molecule has 0 radical (unpaired) electrons. The maximum atomic E-state index is 10.6. The van der Waals surface area contributed by atoms with E-state index in [0.29, 0.717) is 5.06 Å². The van der Waals surface area contributed by atoms with Crippen molar-refractivity contribution < 1.29 is 14.3 Å². The number of hydrogen-bond donors (Lipinski definition) is 1. The summed E-state index contributed by atoms with van der Waals surface area (Å²) in [7, 11) is 1.62. The molecule has 2 aromatic rings. The van der Waals surface area contributed by atoms with Crippen molar-refractivity contribution in [3.63, 3.8) is 0 Å². The standard InChI is InChI=1S/C12H11NO3S/c1-15-9-4-2-3-8(7-9)10-5-6-11(17-10)16-12(13)14/h2-7H,1H3,(H2,13,14). The molecule has 1 aromatic heterocycles. The highest BCUT2D eigenvalue weighted by Gasteiger charge is 2.06. The van der Waals surface area contributed by atoms with Crippen LogP contribution in [-0.2, 0) is 0 Å². The largest absolute Gasteiger partial charge is 0.497 e. The summed E-state index contributed by atoms with van der Waals surface area (Å²) in [6, 6.07) is 11.2. The molecule has 0 unspecified atom stereocenters. The average molecular weight is 249 g/mol. The first-order chi connectivity index (χ1) is 8.19. The molecule has 0 aliphatic rings. The number of rotatable bonds is 3. The molecule has 0 saturated heterocycles. The maximum absolute atomic E-state index is 10.6. The smallest absolute Gasteiger partial charge is 0.410 e. The fourth-order valence-corrected chi connectivity index (χ4v) is 2.26. The molecule has 0 spiro atoms. The molecular formula is C12H11NO3S. The second-order valence-corrected chi connectivity index (χ2v) is 4.32. The Morgan fingerprint density at radius 2 is 2.12 bits per heavy atom. The van der Waals surface area contributed by atoms with Gasteiger partial charge in [0, 0.05) is 4.88 Å². The molecule has 2 rings (SSSR count). The van der Waals surface area contributed by atoms with Gasteiger partial charge in [-0.3, -0.25) is 0 Å². The molecule has 1 aromatic carbocycles. The minimum atomic E-state index is -0.802. The van der Waals surface area contributed by atoms with E-state index < -0.39 is 6.09 Å². The molecule has 0 aliphatic carbocycles. The van der Waals surface area contributed by atoms with Gasteiger partial charge in [0.15, 0.2) is 5.06 Å². The number of thiophene rings is 1. The lowest BCUT2D eigenvalue weighted by atomic mass is 10.2. The second-order valence-electron chi connectivity index (χ2n) is 3.27. The quantitative estimate of drug-likeness (QED) is 0.909. The van der Waals surface area contributed by atoms with Gasteiger partial charge in [-0.2, -0.15) is 0 Å². The lowest BCUT2D eigenvalue weighted by Gasteiger charge is -2.01. The zero-order valence-electron chi connectivity index (χ0n) is 9.17. The van der Waals surface area contributed by atoms with Crippen LogP contribution >= 0.6 is 11.3 Å². The molecule has 17 heavy (non-hydrogen) atoms. The number of nitrogens with two attached hydrogens (primary N) is 1. The predicted octanol–water partition coefficient (Wildman–Crippen LogP) is 2.88. The van der Waals surface area contributed by atoms with E-state index in [1.165, 1.54) is 11.3 Å². The molecule has 1 amide bonds. The van der Waals surface area contributed by atoms with Crippen molar-refractivity contribution >= 4 is 17.4 Å². The zero-order valence-corrected chi connectivity index (χ0v) is 9.99. The van der Waals surface area contributed by atoms with E-state index in [2.05, 4.69) is 0 Å². The highest BCUT2D eigenvalue weighted by atomic mass is 32.1. The number of benzene rings is 1. The first-order valence-corrected chi connectivity index (χ1v) is 5.72. The Kier molecular flexibility index (Phi) is 3.30. The third kappa shape index (κ3) is 2.76. The minimum Gasteiger partial charge on any atom is -0.497 e. The van der Waals surface area contributed by atoms with Crippen molar-refractivity contribution in [2.45, 2.75) is 0 Å². The number of amides is 1. The molecule has 0 atom stereocenters. The monoisotopic (exact) mass is 249 g/mol. The van der Waals surface area contributed by atoms with Crippen LogP contribution in [0.3, 0.4) is 0 Å². The van der Waals surface area contributed by atoms with Crippen molar-refractivity contribution in [2.24, 2.45) is 5.73 Å². The van der Waals surface area contributed by atoms with Gasteiger partial charge >= 0.3 is 6.09 Å². The van der Waals surface area contributed by atoms with Gasteiger partial charge in [0.05, 0.1) is 7.11 Å². The topological polar surface area (TPSA) is 61.6 Å². The van der Waals surface area contributed by atoms with Crippen LogP contribution in [0.2, 0.25) is 0 Å². The Labute approximate surface area is 103 Å². The van der Waals surface area contributed by atoms with Gasteiger partial charge in [0.25, 0.3) is 0 Å². The first kappa shape index (κ1) is 11.5. The highest BCUT2D eigenvalue weighted by molar-refractivity contribution is 7.17. The normalized spacial score (nSPS) is 9.94. The van der Waals surface area contributed by atoms with E-state index >= 15 is 0 Å². The molecule has 4 nitrogen and oxygen atoms in total. The Morgan fingerprint density at radius 3 is 2.82 bits per heavy atom. The fraction of sp³-hybridized carbons (Fsp3) is 0.0833. The van der Waals surface area contributed by atoms with Crippen LogP contribution in [0.1, 0.15) is 0 Å². The van der Waals surface area contributed by atoms with Gasteiger partial charge < -0.3 is 15.2 Å². The third-order valence-electron chi connectivity index (χ3n) is 2.14. The van der Waals surface area contributed by atoms with Crippen molar-refractivity contribution in [2.75, 3.05) is 7.11 Å². The summed E-state index contributed by atoms with van der Waals surface area (Å²) in [4.78, 5) is 11.6. The molecule has 0 aliphatic heterocycles. The summed E-state index contributed by atoms with van der Waals surface area (Å²) in [5.41, 5.74) is 5.95. The highest BCUT2D eigenvalue weighted by Crippen LogP contribution is 2.34. The summed E-state index contributed by atoms with van der Waals surface area (Å²) >= 11 is 1.35. The number of carbonyl (C=O) groups excluding carboxylic acids is 1. The van der Waals surface area contributed by atoms with E-state index in [-0.39, 0.29) is 0 Å². The number of hydrogen-bond acceptors (Lipinski definition) is 4. The molecule has 0 bridgehead atoms. The summed E-state index contributed by atoms with van der Waals surface area (Å²) < 4.78 is 9.95. The van der Waals surface area contributed by atoms with Crippen LogP contribution < -0.4 is 15.2 Å². The van der Waals surface area contributed by atoms with Gasteiger partial charge in [0.2, 0.25) is 0 Å². The third-order valence-corrected chi connectivity index (χ3v) is 3.15. The van der Waals surface area contributed by atoms with E-state index in [1.54, 1.807) is 13.2 Å². The van der Waals surface area contributed by atoms with Crippen LogP contribution in [-0.4, -0.2) is 13.2 Å². The van der Waals surface area contributed by atoms with E-state index in [1.807, 2.05) is 30.3 Å². The second kappa shape index (κ2) is 4.88. The Morgan fingerprint density at radius 1 is 1.29 bits per heavy atom.